The van der Waals surface area contributed by atoms with Crippen LogP contribution in [0.1, 0.15) is 86.7 Å². The van der Waals surface area contributed by atoms with Gasteiger partial charge in [-0.15, -0.1) is 0 Å². The lowest BCUT2D eigenvalue weighted by atomic mass is 9.88. The molecule has 0 aromatic heterocycles. The van der Waals surface area contributed by atoms with Crippen LogP contribution >= 0.6 is 0 Å². The second-order valence-corrected chi connectivity index (χ2v) is 10.1. The molecule has 3 rings (SSSR count). The van der Waals surface area contributed by atoms with Gasteiger partial charge in [-0.2, -0.15) is 0 Å². The standard InChI is InChI=1S/C30H36O6/c1-16(2)7-10-19-23(31)14-13-20(27(19)33)25-15-24(32)26-29(35)21(11-8-17(3)4)28(34)22(30(26)36-25)12-9-18(5)6/h7-9,11,13-14,17,25,31,33-35H,10,12,15H2,1-6H3/b11-8+/t25-/m1/s1. The van der Waals surface area contributed by atoms with Gasteiger partial charge in [-0.1, -0.05) is 49.3 Å². The number of phenolic OH excluding ortho intramolecular Hbond substituents is 4. The third-order valence-electron chi connectivity index (χ3n) is 6.16. The lowest BCUT2D eigenvalue weighted by Gasteiger charge is -2.30. The number of hydrogen-bond donors (Lipinski definition) is 4. The number of ether oxygens (including phenoxy) is 1. The van der Waals surface area contributed by atoms with E-state index in [4.69, 9.17) is 4.74 Å². The molecule has 4 N–H and O–H groups in total. The highest BCUT2D eigenvalue weighted by molar-refractivity contribution is 6.04. The van der Waals surface area contributed by atoms with Crippen LogP contribution in [0.4, 0.5) is 0 Å². The van der Waals surface area contributed by atoms with Crippen LogP contribution in [0.2, 0.25) is 0 Å². The van der Waals surface area contributed by atoms with Crippen LogP contribution in [0.5, 0.6) is 28.7 Å². The van der Waals surface area contributed by atoms with Crippen LogP contribution in [-0.4, -0.2) is 26.2 Å². The summed E-state index contributed by atoms with van der Waals surface area (Å²) in [4.78, 5) is 13.4. The number of phenols is 4. The Bertz CT molecular complexity index is 1260. The molecule has 2 aromatic carbocycles. The van der Waals surface area contributed by atoms with E-state index in [1.807, 2.05) is 59.8 Å². The highest BCUT2D eigenvalue weighted by Gasteiger charge is 2.36. The van der Waals surface area contributed by atoms with Gasteiger partial charge in [0.1, 0.15) is 40.4 Å². The Labute approximate surface area is 212 Å². The molecule has 0 radical (unpaired) electrons. The van der Waals surface area contributed by atoms with Crippen LogP contribution in [-0.2, 0) is 12.8 Å². The van der Waals surface area contributed by atoms with Crippen LogP contribution in [0.3, 0.4) is 0 Å². The number of rotatable bonds is 7. The molecule has 0 unspecified atom stereocenters. The fraction of sp³-hybridized carbons (Fsp3) is 0.367. The highest BCUT2D eigenvalue weighted by atomic mass is 16.5. The summed E-state index contributed by atoms with van der Waals surface area (Å²) in [6.45, 7) is 11.7. The third-order valence-corrected chi connectivity index (χ3v) is 6.16. The zero-order chi connectivity index (χ0) is 26.7. The van der Waals surface area contributed by atoms with Crippen molar-refractivity contribution in [3.8, 4) is 28.7 Å². The molecule has 0 aliphatic carbocycles. The van der Waals surface area contributed by atoms with E-state index < -0.39 is 6.10 Å². The van der Waals surface area contributed by atoms with Gasteiger partial charge in [-0.3, -0.25) is 4.79 Å². The molecule has 36 heavy (non-hydrogen) atoms. The number of carbonyl (C=O) groups excluding carboxylic acids is 1. The SMILES string of the molecule is CC(C)=CCc1c(O)ccc([C@H]2CC(=O)c3c(O)c(/C=C/C(C)C)c(O)c(CC=C(C)C)c3O2)c1O. The molecule has 6 heteroatoms. The maximum atomic E-state index is 13.4. The Balaban J connectivity index is 2.17. The highest BCUT2D eigenvalue weighted by Crippen LogP contribution is 2.50. The van der Waals surface area contributed by atoms with E-state index in [0.29, 0.717) is 29.5 Å². The Morgan fingerprint density at radius 3 is 2.14 bits per heavy atom. The summed E-state index contributed by atoms with van der Waals surface area (Å²) in [7, 11) is 0. The molecule has 6 nitrogen and oxygen atoms in total. The van der Waals surface area contributed by atoms with Gasteiger partial charge < -0.3 is 25.2 Å². The smallest absolute Gasteiger partial charge is 0.174 e. The second kappa shape index (κ2) is 10.9. The van der Waals surface area contributed by atoms with Crippen molar-refractivity contribution < 1.29 is 30.0 Å². The predicted octanol–water partition coefficient (Wildman–Crippen LogP) is 6.90. The summed E-state index contributed by atoms with van der Waals surface area (Å²) >= 11 is 0. The predicted molar refractivity (Wildman–Crippen MR) is 142 cm³/mol. The second-order valence-electron chi connectivity index (χ2n) is 10.1. The first-order valence-electron chi connectivity index (χ1n) is 12.2. The van der Waals surface area contributed by atoms with Gasteiger partial charge in [0, 0.05) is 16.7 Å². The number of allylic oxidation sites excluding steroid dienone is 5. The molecule has 0 spiro atoms. The molecule has 0 amide bonds. The number of Topliss-reactive ketones (excluding diaryl/α,β-unsaturated/α-hetero) is 1. The van der Waals surface area contributed by atoms with Crippen molar-refractivity contribution in [3.05, 3.63) is 69.3 Å². The molecule has 1 atom stereocenters. The van der Waals surface area contributed by atoms with Gasteiger partial charge in [0.25, 0.3) is 0 Å². The lowest BCUT2D eigenvalue weighted by molar-refractivity contribution is 0.0839. The molecule has 1 aliphatic rings. The first-order chi connectivity index (χ1) is 16.9. The van der Waals surface area contributed by atoms with Gasteiger partial charge in [0.05, 0.1) is 12.0 Å². The third kappa shape index (κ3) is 5.59. The molecule has 1 aliphatic heterocycles. The largest absolute Gasteiger partial charge is 0.508 e. The van der Waals surface area contributed by atoms with Crippen LogP contribution in [0.15, 0.2) is 41.5 Å². The number of aromatic hydroxyl groups is 4. The van der Waals surface area contributed by atoms with Gasteiger partial charge in [-0.25, -0.2) is 0 Å². The van der Waals surface area contributed by atoms with Crippen molar-refractivity contribution in [1.82, 2.24) is 0 Å². The molecular formula is C30H36O6. The van der Waals surface area contributed by atoms with Crippen LogP contribution in [0.25, 0.3) is 6.08 Å². The van der Waals surface area contributed by atoms with Crippen LogP contribution in [0, 0.1) is 5.92 Å². The summed E-state index contributed by atoms with van der Waals surface area (Å²) in [6.07, 6.45) is 6.93. The summed E-state index contributed by atoms with van der Waals surface area (Å²) in [6, 6.07) is 3.01. The van der Waals surface area contributed by atoms with E-state index in [2.05, 4.69) is 0 Å². The summed E-state index contributed by atoms with van der Waals surface area (Å²) < 4.78 is 6.24. The lowest BCUT2D eigenvalue weighted by Crippen LogP contribution is -2.22. The Morgan fingerprint density at radius 1 is 0.944 bits per heavy atom. The van der Waals surface area contributed by atoms with Crippen molar-refractivity contribution in [2.45, 2.75) is 66.9 Å². The van der Waals surface area contributed by atoms with Crippen molar-refractivity contribution in [1.29, 1.82) is 0 Å². The summed E-state index contributed by atoms with van der Waals surface area (Å²) in [5.41, 5.74) is 3.39. The zero-order valence-electron chi connectivity index (χ0n) is 21.8. The fourth-order valence-corrected chi connectivity index (χ4v) is 4.15. The monoisotopic (exact) mass is 492 g/mol. The maximum Gasteiger partial charge on any atom is 0.174 e. The molecule has 2 aromatic rings. The normalized spacial score (nSPS) is 15.1. The Kier molecular flexibility index (Phi) is 8.18. The van der Waals surface area contributed by atoms with Crippen LogP contribution < -0.4 is 4.74 Å². The Morgan fingerprint density at radius 2 is 1.56 bits per heavy atom. The molecule has 0 fully saturated rings. The molecule has 1 heterocycles. The minimum atomic E-state index is -0.850. The van der Waals surface area contributed by atoms with Gasteiger partial charge in [0.2, 0.25) is 0 Å². The number of carbonyl (C=O) groups is 1. The minimum absolute atomic E-state index is 0.0349. The maximum absolute atomic E-state index is 13.4. The number of hydrogen-bond acceptors (Lipinski definition) is 6. The van der Waals surface area contributed by atoms with E-state index >= 15 is 0 Å². The molecule has 0 bridgehead atoms. The molecule has 0 saturated carbocycles. The minimum Gasteiger partial charge on any atom is -0.508 e. The van der Waals surface area contributed by atoms with Crippen molar-refractivity contribution in [3.63, 3.8) is 0 Å². The van der Waals surface area contributed by atoms with Gasteiger partial charge in [-0.05, 0) is 58.6 Å². The average Bonchev–Trinajstić information content (AvgIpc) is 2.77. The van der Waals surface area contributed by atoms with E-state index in [1.165, 1.54) is 12.1 Å². The number of benzene rings is 2. The van der Waals surface area contributed by atoms with E-state index in [1.54, 1.807) is 6.08 Å². The quantitative estimate of drug-likeness (QED) is 0.313. The zero-order valence-corrected chi connectivity index (χ0v) is 21.8. The summed E-state index contributed by atoms with van der Waals surface area (Å²) in [5, 5.41) is 43.4. The fourth-order valence-electron chi connectivity index (χ4n) is 4.15. The first-order valence-corrected chi connectivity index (χ1v) is 12.2. The molecule has 0 saturated heterocycles. The van der Waals surface area contributed by atoms with Gasteiger partial charge >= 0.3 is 0 Å². The van der Waals surface area contributed by atoms with Crippen molar-refractivity contribution in [2.75, 3.05) is 0 Å². The number of fused-ring (bicyclic) bond motifs is 1. The van der Waals surface area contributed by atoms with E-state index in [-0.39, 0.29) is 58.0 Å². The average molecular weight is 493 g/mol. The van der Waals surface area contributed by atoms with E-state index in [9.17, 15) is 25.2 Å². The molecular weight excluding hydrogens is 456 g/mol. The molecule has 192 valence electrons. The first kappa shape index (κ1) is 26.9. The van der Waals surface area contributed by atoms with E-state index in [0.717, 1.165) is 11.1 Å². The van der Waals surface area contributed by atoms with Crippen molar-refractivity contribution >= 4 is 11.9 Å². The van der Waals surface area contributed by atoms with Crippen molar-refractivity contribution in [2.24, 2.45) is 5.92 Å². The summed E-state index contributed by atoms with van der Waals surface area (Å²) in [5.74, 6) is -0.702. The topological polar surface area (TPSA) is 107 Å². The van der Waals surface area contributed by atoms with Gasteiger partial charge in [0.15, 0.2) is 5.78 Å². The number of ketones is 1. The Hall–Kier alpha value is -3.67.